The summed E-state index contributed by atoms with van der Waals surface area (Å²) in [6.45, 7) is -0.285. The number of likely N-dealkylation sites (tertiary alicyclic amines) is 1. The van der Waals surface area contributed by atoms with Crippen LogP contribution >= 0.6 is 23.2 Å². The van der Waals surface area contributed by atoms with Gasteiger partial charge in [-0.3, -0.25) is 4.90 Å². The smallest absolute Gasteiger partial charge is 0.433 e. The minimum Gasteiger partial charge on any atom is -0.434 e. The first-order chi connectivity index (χ1) is 27.1. The Balaban J connectivity index is 0.000000535. The molecule has 2 fully saturated rings. The Morgan fingerprint density at radius 1 is 0.694 bits per heavy atom. The van der Waals surface area contributed by atoms with Gasteiger partial charge in [0.05, 0.1) is 0 Å². The van der Waals surface area contributed by atoms with Gasteiger partial charge < -0.3 is 10.1 Å². The van der Waals surface area contributed by atoms with E-state index in [0.717, 1.165) is 0 Å². The first-order valence-electron chi connectivity index (χ1n) is 16.6. The summed E-state index contributed by atoms with van der Waals surface area (Å²) in [5, 5.41) is 2.33. The summed E-state index contributed by atoms with van der Waals surface area (Å²) in [5.74, 6) is 0. The van der Waals surface area contributed by atoms with Crippen LogP contribution in [0.3, 0.4) is 0 Å². The average Bonchev–Trinajstić information content (AvgIpc) is 3.77. The van der Waals surface area contributed by atoms with Crippen molar-refractivity contribution in [3.8, 4) is 0 Å². The molecule has 26 heteroatoms. The lowest BCUT2D eigenvalue weighted by Gasteiger charge is -2.33. The lowest BCUT2D eigenvalue weighted by Crippen LogP contribution is -2.45. The molecule has 0 saturated carbocycles. The van der Waals surface area contributed by atoms with Crippen LogP contribution in [0.5, 0.6) is 0 Å². The standard InChI is InChI=1S/C19H15F9N2.C12H9F9N2.C3H4Cl2O2.2CH4/c20-17(21,22)14-8-13(9-15(29-14)18(23,24)25)16(19(26,27)28)6-7-30(11-16)10-12-4-2-1-3-5-12;13-10(14,15)7-3-6(4-8(23-7)11(16,17)18)9(12(19,20)21)1-2-22-5-9;1-2(4)7-3(5)6;;/h1-5,8-9H,6-7,10-11H2;3-4,22H,1-2,5H2;2H,1H3;2*1H4. The lowest BCUT2D eigenvalue weighted by molar-refractivity contribution is -0.188. The van der Waals surface area contributed by atoms with Crippen molar-refractivity contribution in [2.75, 3.05) is 26.2 Å². The van der Waals surface area contributed by atoms with Crippen LogP contribution in [0.1, 0.15) is 74.1 Å². The van der Waals surface area contributed by atoms with Crippen molar-refractivity contribution in [1.29, 1.82) is 0 Å². The van der Waals surface area contributed by atoms with Crippen molar-refractivity contribution in [3.63, 3.8) is 0 Å². The molecule has 1 aromatic carbocycles. The molecule has 0 radical (unpaired) electrons. The van der Waals surface area contributed by atoms with Gasteiger partial charge in [-0.2, -0.15) is 79.0 Å². The van der Waals surface area contributed by atoms with E-state index in [-0.39, 0.29) is 58.8 Å². The van der Waals surface area contributed by atoms with Crippen molar-refractivity contribution in [2.45, 2.75) is 94.6 Å². The first kappa shape index (κ1) is 56.2. The summed E-state index contributed by atoms with van der Waals surface area (Å²) in [6.07, 6.45) is -32.6. The van der Waals surface area contributed by atoms with Gasteiger partial charge in [0.2, 0.25) is 0 Å². The number of halogens is 20. The number of carbonyl (C=O) groups is 1. The molecule has 5 rings (SSSR count). The Kier molecular flexibility index (Phi) is 18.5. The Labute approximate surface area is 351 Å². The number of nitrogens with one attached hydrogen (secondary N) is 1. The molecule has 0 aliphatic carbocycles. The summed E-state index contributed by atoms with van der Waals surface area (Å²) in [6, 6.07) is 8.64. The van der Waals surface area contributed by atoms with Gasteiger partial charge in [-0.15, -0.1) is 0 Å². The maximum absolute atomic E-state index is 14.1. The summed E-state index contributed by atoms with van der Waals surface area (Å²) in [7, 11) is 0. The summed E-state index contributed by atoms with van der Waals surface area (Å²) < 4.78 is 241. The third-order valence-corrected chi connectivity index (χ3v) is 9.19. The van der Waals surface area contributed by atoms with Gasteiger partial charge in [0.25, 0.3) is 0 Å². The van der Waals surface area contributed by atoms with Gasteiger partial charge in [-0.05, 0) is 73.8 Å². The molecule has 2 aliphatic rings. The highest BCUT2D eigenvalue weighted by molar-refractivity contribution is 6.61. The molecule has 4 heterocycles. The Morgan fingerprint density at radius 3 is 1.37 bits per heavy atom. The molecule has 2 saturated heterocycles. The van der Waals surface area contributed by atoms with E-state index in [1.54, 1.807) is 30.3 Å². The minimum absolute atomic E-state index is 0. The Hall–Kier alpha value is -3.77. The molecule has 0 bridgehead atoms. The van der Waals surface area contributed by atoms with Crippen LogP contribution in [-0.4, -0.2) is 64.4 Å². The number of nitrogens with zero attached hydrogens (tertiary/aromatic N) is 3. The Bertz CT molecular complexity index is 1850. The molecule has 3 unspecified atom stereocenters. The van der Waals surface area contributed by atoms with Crippen molar-refractivity contribution in [1.82, 2.24) is 20.2 Å². The fraction of sp³-hybridized carbons (Fsp3) is 0.528. The molecule has 1 N–H and O–H groups in total. The summed E-state index contributed by atoms with van der Waals surface area (Å²) in [5.41, 5.74) is -16.7. The zero-order valence-corrected chi connectivity index (χ0v) is 31.5. The molecule has 2 aromatic heterocycles. The average molecular weight is 970 g/mol. The van der Waals surface area contributed by atoms with Crippen LogP contribution in [0.15, 0.2) is 54.6 Å². The second kappa shape index (κ2) is 20.4. The van der Waals surface area contributed by atoms with E-state index in [2.05, 4.69) is 20.0 Å². The van der Waals surface area contributed by atoms with E-state index in [1.165, 1.54) is 11.8 Å². The number of hydrogen-bond acceptors (Lipinski definition) is 6. The molecule has 352 valence electrons. The molecule has 3 aromatic rings. The van der Waals surface area contributed by atoms with E-state index in [4.69, 9.17) is 23.2 Å². The molecule has 0 spiro atoms. The normalized spacial score (nSPS) is 20.4. The molecular weight excluding hydrogens is 933 g/mol. The fourth-order valence-corrected chi connectivity index (χ4v) is 6.42. The van der Waals surface area contributed by atoms with Gasteiger partial charge in [-0.25, -0.2) is 14.8 Å². The number of benzene rings is 1. The van der Waals surface area contributed by atoms with Crippen molar-refractivity contribution in [2.24, 2.45) is 0 Å². The van der Waals surface area contributed by atoms with Crippen LogP contribution < -0.4 is 5.32 Å². The van der Waals surface area contributed by atoms with Crippen LogP contribution in [0.25, 0.3) is 0 Å². The van der Waals surface area contributed by atoms with Gasteiger partial charge in [0.1, 0.15) is 33.6 Å². The highest BCUT2D eigenvalue weighted by Crippen LogP contribution is 2.50. The zero-order valence-electron chi connectivity index (χ0n) is 29.9. The van der Waals surface area contributed by atoms with E-state index in [0.29, 0.717) is 5.56 Å². The number of rotatable bonds is 5. The van der Waals surface area contributed by atoms with Crippen molar-refractivity contribution < 1.29 is 88.6 Å². The topological polar surface area (TPSA) is 67.3 Å². The Morgan fingerprint density at radius 2 is 1.08 bits per heavy atom. The monoisotopic (exact) mass is 968 g/mol. The molecule has 6 nitrogen and oxygen atoms in total. The predicted molar refractivity (Wildman–Crippen MR) is 189 cm³/mol. The highest BCUT2D eigenvalue weighted by atomic mass is 35.5. The third kappa shape index (κ3) is 14.1. The minimum atomic E-state index is -5.33. The van der Waals surface area contributed by atoms with E-state index < -0.39 is 119 Å². The number of ether oxygens (including phenoxy) is 1. The summed E-state index contributed by atoms with van der Waals surface area (Å²) in [4.78, 5) is 16.0. The quantitative estimate of drug-likeness (QED) is 0.156. The van der Waals surface area contributed by atoms with Gasteiger partial charge >= 0.3 is 42.5 Å². The maximum Gasteiger partial charge on any atom is 0.433 e. The van der Waals surface area contributed by atoms with Crippen LogP contribution in [0.4, 0.5) is 83.8 Å². The van der Waals surface area contributed by atoms with Gasteiger partial charge in [0.15, 0.2) is 5.56 Å². The predicted octanol–water partition coefficient (Wildman–Crippen LogP) is 13.0. The first-order valence-corrected chi connectivity index (χ1v) is 17.4. The van der Waals surface area contributed by atoms with Gasteiger partial charge in [0, 0.05) is 31.2 Å². The second-order valence-electron chi connectivity index (χ2n) is 13.2. The van der Waals surface area contributed by atoms with Gasteiger partial charge in [-0.1, -0.05) is 56.8 Å². The molecular formula is C36H36Cl2F18N4O2. The molecule has 62 heavy (non-hydrogen) atoms. The zero-order chi connectivity index (χ0) is 45.9. The van der Waals surface area contributed by atoms with E-state index in [1.807, 2.05) is 0 Å². The second-order valence-corrected chi connectivity index (χ2v) is 14.1. The summed E-state index contributed by atoms with van der Waals surface area (Å²) >= 11 is 9.87. The number of alkyl halides is 19. The fourth-order valence-electron chi connectivity index (χ4n) is 6.16. The van der Waals surface area contributed by atoms with E-state index >= 15 is 0 Å². The van der Waals surface area contributed by atoms with Crippen molar-refractivity contribution >= 4 is 28.6 Å². The largest absolute Gasteiger partial charge is 0.434 e. The number of carbonyl (C=O) groups excluding carboxylic acids is 1. The number of hydrogen-bond donors (Lipinski definition) is 1. The van der Waals surface area contributed by atoms with Crippen LogP contribution in [0.2, 0.25) is 0 Å². The molecule has 2 aliphatic heterocycles. The lowest BCUT2D eigenvalue weighted by atomic mass is 9.78. The third-order valence-electron chi connectivity index (χ3n) is 9.01. The maximum atomic E-state index is 14.1. The van der Waals surface area contributed by atoms with Crippen LogP contribution in [0, 0.1) is 0 Å². The van der Waals surface area contributed by atoms with Crippen molar-refractivity contribution in [3.05, 3.63) is 94.1 Å². The molecule has 0 amide bonds. The highest BCUT2D eigenvalue weighted by Gasteiger charge is 2.60. The number of pyridine rings is 2. The van der Waals surface area contributed by atoms with Crippen LogP contribution in [-0.2, 0) is 46.8 Å². The number of aromatic nitrogens is 2. The van der Waals surface area contributed by atoms with E-state index in [9.17, 15) is 83.8 Å². The SMILES string of the molecule is C.C.CC(Cl)OC(=O)Cl.FC(F)(F)c1cc(C2(C(F)(F)F)CCN(Cc3ccccc3)C2)cc(C(F)(F)F)n1.FC(F)(F)c1cc(C2(C(F)(F)F)CCNC2)cc(C(F)(F)F)n1. The molecule has 3 atom stereocenters.